The molecule has 2 bridgehead atoms. The average Bonchev–Trinajstić information content (AvgIpc) is 3.17. The van der Waals surface area contributed by atoms with E-state index in [4.69, 9.17) is 10.00 Å². The molecule has 0 N–H and O–H groups in total. The Kier molecular flexibility index (Phi) is 7.36. The molecule has 2 aliphatic heterocycles. The lowest BCUT2D eigenvalue weighted by Gasteiger charge is -2.39. The molecule has 3 aromatic carbocycles. The van der Waals surface area contributed by atoms with Crippen LogP contribution in [0.3, 0.4) is 0 Å². The molecule has 2 heterocycles. The van der Waals surface area contributed by atoms with Gasteiger partial charge in [0.15, 0.2) is 0 Å². The van der Waals surface area contributed by atoms with Crippen molar-refractivity contribution < 1.29 is 9.53 Å². The van der Waals surface area contributed by atoms with Crippen LogP contribution in [0.25, 0.3) is 0 Å². The number of ether oxygens (including phenoxy) is 1. The molecule has 2 atom stereocenters. The molecule has 5 rings (SSSR count). The highest BCUT2D eigenvalue weighted by atomic mass is 32.2. The number of nitrogens with zero attached hydrogens (tertiary/aromatic N) is 2. The molecule has 2 aliphatic rings. The quantitative estimate of drug-likeness (QED) is 0.335. The first-order chi connectivity index (χ1) is 17.1. The zero-order valence-electron chi connectivity index (χ0n) is 19.7. The first-order valence-electron chi connectivity index (χ1n) is 12.0. The van der Waals surface area contributed by atoms with Crippen molar-refractivity contribution in [3.63, 3.8) is 0 Å². The van der Waals surface area contributed by atoms with Crippen LogP contribution >= 0.6 is 23.5 Å². The van der Waals surface area contributed by atoms with Crippen molar-refractivity contribution >= 4 is 29.4 Å². The fourth-order valence-electron chi connectivity index (χ4n) is 5.12. The maximum atomic E-state index is 13.4. The Labute approximate surface area is 215 Å². The minimum Gasteiger partial charge on any atom is -0.490 e. The van der Waals surface area contributed by atoms with Crippen molar-refractivity contribution in [2.24, 2.45) is 0 Å². The first-order valence-corrected chi connectivity index (χ1v) is 14.2. The smallest absolute Gasteiger partial charge is 0.254 e. The standard InChI is InChI=1S/C29H28N2O2S2/c1-34-27-11-13-28(14-12-27)35-19-20-5-7-22(8-6-20)29(32)31-23-9-10-24(31)17-26(16-23)33-25-4-2-3-21(15-25)18-30/h2-8,11-15,23-24,26H,9-10,16-17,19H2,1H3/t23-,24-/m0/s1. The summed E-state index contributed by atoms with van der Waals surface area (Å²) in [6.07, 6.45) is 5.89. The van der Waals surface area contributed by atoms with E-state index in [0.29, 0.717) is 5.56 Å². The molecule has 0 spiro atoms. The number of fused-ring (bicyclic) bond motifs is 2. The van der Waals surface area contributed by atoms with Crippen LogP contribution in [0.5, 0.6) is 5.75 Å². The van der Waals surface area contributed by atoms with Gasteiger partial charge in [-0.25, -0.2) is 0 Å². The van der Waals surface area contributed by atoms with Gasteiger partial charge in [0.05, 0.1) is 11.6 Å². The summed E-state index contributed by atoms with van der Waals surface area (Å²) in [7, 11) is 0. The van der Waals surface area contributed by atoms with Crippen molar-refractivity contribution in [1.82, 2.24) is 4.90 Å². The lowest BCUT2D eigenvalue weighted by molar-refractivity contribution is 0.0359. The van der Waals surface area contributed by atoms with Gasteiger partial charge in [-0.15, -0.1) is 23.5 Å². The summed E-state index contributed by atoms with van der Waals surface area (Å²) >= 11 is 3.56. The molecule has 178 valence electrons. The van der Waals surface area contributed by atoms with E-state index in [9.17, 15) is 4.79 Å². The normalized spacial score (nSPS) is 20.9. The Morgan fingerprint density at radius 2 is 1.69 bits per heavy atom. The number of nitriles is 1. The third-order valence-electron chi connectivity index (χ3n) is 6.86. The second kappa shape index (κ2) is 10.8. The molecule has 0 radical (unpaired) electrons. The summed E-state index contributed by atoms with van der Waals surface area (Å²) in [6, 6.07) is 26.7. The predicted molar refractivity (Wildman–Crippen MR) is 142 cm³/mol. The topological polar surface area (TPSA) is 53.3 Å². The van der Waals surface area contributed by atoms with Crippen LogP contribution < -0.4 is 4.74 Å². The Morgan fingerprint density at radius 1 is 1.00 bits per heavy atom. The number of carbonyl (C=O) groups excluding carboxylic acids is 1. The van der Waals surface area contributed by atoms with Gasteiger partial charge >= 0.3 is 0 Å². The van der Waals surface area contributed by atoms with Gasteiger partial charge in [-0.1, -0.05) is 18.2 Å². The summed E-state index contributed by atoms with van der Waals surface area (Å²) < 4.78 is 6.21. The SMILES string of the molecule is CSc1ccc(SCc2ccc(C(=O)N3[C@H]4CC[C@H]3CC(Oc3cccc(C#N)c3)C4)cc2)cc1. The Morgan fingerprint density at radius 3 is 2.34 bits per heavy atom. The van der Waals surface area contributed by atoms with Gasteiger partial charge in [0.25, 0.3) is 5.91 Å². The van der Waals surface area contributed by atoms with E-state index in [2.05, 4.69) is 53.6 Å². The number of rotatable bonds is 7. The van der Waals surface area contributed by atoms with Crippen LogP contribution in [0, 0.1) is 11.3 Å². The lowest BCUT2D eigenvalue weighted by Crippen LogP contribution is -2.49. The number of hydrogen-bond acceptors (Lipinski definition) is 5. The minimum absolute atomic E-state index is 0.0786. The summed E-state index contributed by atoms with van der Waals surface area (Å²) in [5.41, 5.74) is 2.59. The number of benzene rings is 3. The van der Waals surface area contributed by atoms with Crippen molar-refractivity contribution in [1.29, 1.82) is 5.26 Å². The van der Waals surface area contributed by atoms with E-state index in [-0.39, 0.29) is 24.1 Å². The largest absolute Gasteiger partial charge is 0.490 e. The highest BCUT2D eigenvalue weighted by molar-refractivity contribution is 7.99. The maximum absolute atomic E-state index is 13.4. The Bertz CT molecular complexity index is 1210. The number of hydrogen-bond donors (Lipinski definition) is 0. The summed E-state index contributed by atoms with van der Waals surface area (Å²) in [5, 5.41) is 9.13. The van der Waals surface area contributed by atoms with Gasteiger partial charge in [0.2, 0.25) is 0 Å². The predicted octanol–water partition coefficient (Wildman–Crippen LogP) is 6.79. The van der Waals surface area contributed by atoms with Crippen molar-refractivity contribution in [3.05, 3.63) is 89.5 Å². The average molecular weight is 501 g/mol. The molecule has 0 unspecified atom stereocenters. The second-order valence-electron chi connectivity index (χ2n) is 9.11. The van der Waals surface area contributed by atoms with Crippen molar-refractivity contribution in [2.75, 3.05) is 6.26 Å². The molecule has 35 heavy (non-hydrogen) atoms. The fourth-order valence-corrected chi connectivity index (χ4v) is 6.38. The van der Waals surface area contributed by atoms with E-state index in [1.807, 2.05) is 36.0 Å². The molecule has 1 amide bonds. The second-order valence-corrected chi connectivity index (χ2v) is 11.0. The molecule has 2 fully saturated rings. The van der Waals surface area contributed by atoms with E-state index >= 15 is 0 Å². The zero-order chi connectivity index (χ0) is 24.2. The van der Waals surface area contributed by atoms with Crippen molar-refractivity contribution in [3.8, 4) is 11.8 Å². The minimum atomic E-state index is 0.0786. The number of carbonyl (C=O) groups is 1. The number of piperidine rings is 1. The maximum Gasteiger partial charge on any atom is 0.254 e. The summed E-state index contributed by atoms with van der Waals surface area (Å²) in [5.74, 6) is 1.75. The molecule has 6 heteroatoms. The van der Waals surface area contributed by atoms with Crippen LogP contribution in [0.15, 0.2) is 82.6 Å². The van der Waals surface area contributed by atoms with Crippen LogP contribution in [0.2, 0.25) is 0 Å². The van der Waals surface area contributed by atoms with Gasteiger partial charge in [-0.05, 0) is 79.3 Å². The monoisotopic (exact) mass is 500 g/mol. The molecular formula is C29H28N2O2S2. The van der Waals surface area contributed by atoms with Crippen molar-refractivity contribution in [2.45, 2.75) is 59.4 Å². The Balaban J connectivity index is 1.18. The van der Waals surface area contributed by atoms with Crippen LogP contribution in [0.1, 0.15) is 47.2 Å². The molecule has 0 aliphatic carbocycles. The van der Waals surface area contributed by atoms with Crippen LogP contribution in [-0.4, -0.2) is 35.3 Å². The van der Waals surface area contributed by atoms with Gasteiger partial charge in [0.1, 0.15) is 11.9 Å². The van der Waals surface area contributed by atoms with Crippen LogP contribution in [-0.2, 0) is 5.75 Å². The lowest BCUT2D eigenvalue weighted by atomic mass is 9.98. The highest BCUT2D eigenvalue weighted by Crippen LogP contribution is 2.38. The number of thioether (sulfide) groups is 2. The third-order valence-corrected chi connectivity index (χ3v) is 8.68. The Hall–Kier alpha value is -2.88. The van der Waals surface area contributed by atoms with Gasteiger partial charge in [-0.2, -0.15) is 5.26 Å². The molecule has 4 nitrogen and oxygen atoms in total. The molecular weight excluding hydrogens is 472 g/mol. The first kappa shape index (κ1) is 23.8. The zero-order valence-corrected chi connectivity index (χ0v) is 21.4. The highest BCUT2D eigenvalue weighted by Gasteiger charge is 2.44. The summed E-state index contributed by atoms with van der Waals surface area (Å²) in [4.78, 5) is 18.0. The summed E-state index contributed by atoms with van der Waals surface area (Å²) in [6.45, 7) is 0. The molecule has 0 aromatic heterocycles. The third kappa shape index (κ3) is 5.52. The molecule has 0 saturated carbocycles. The van der Waals surface area contributed by atoms with E-state index in [1.54, 1.807) is 23.9 Å². The molecule has 3 aromatic rings. The van der Waals surface area contributed by atoms with E-state index < -0.39 is 0 Å². The van der Waals surface area contributed by atoms with Gasteiger partial charge in [0, 0.05) is 46.0 Å². The van der Waals surface area contributed by atoms with Gasteiger partial charge < -0.3 is 9.64 Å². The van der Waals surface area contributed by atoms with Gasteiger partial charge in [-0.3, -0.25) is 4.79 Å². The fraction of sp³-hybridized carbons (Fsp3) is 0.310. The number of amides is 1. The van der Waals surface area contributed by atoms with Crippen LogP contribution in [0.4, 0.5) is 0 Å². The molecule has 2 saturated heterocycles. The van der Waals surface area contributed by atoms with E-state index in [0.717, 1.165) is 42.7 Å². The van der Waals surface area contributed by atoms with E-state index in [1.165, 1.54) is 15.4 Å².